The molecule has 2 aliphatic heterocycles. The van der Waals surface area contributed by atoms with Crippen molar-refractivity contribution in [2.45, 2.75) is 32.4 Å². The van der Waals surface area contributed by atoms with E-state index in [4.69, 9.17) is 0 Å². The number of urea groups is 1. The average Bonchev–Trinajstić information content (AvgIpc) is 3.16. The highest BCUT2D eigenvalue weighted by Gasteiger charge is 2.36. The highest BCUT2D eigenvalue weighted by molar-refractivity contribution is 5.89. The number of hydrogen-bond acceptors (Lipinski definition) is 3. The quantitative estimate of drug-likeness (QED) is 0.914. The number of aromatic nitrogens is 2. The molecule has 1 aromatic carbocycles. The Balaban J connectivity index is 1.35. The first-order chi connectivity index (χ1) is 12.1. The Labute approximate surface area is 146 Å². The standard InChI is InChI=1S/C18H21N5O2/c1-13-19-11-16-12-22(18(25)23(13)16)15-7-9-21(10-8-15)17(24)20-14-5-3-2-4-6-14/h2-6,11,15H,7-10,12H2,1H3,(H,20,24). The normalized spacial score (nSPS) is 17.7. The Morgan fingerprint density at radius 3 is 2.60 bits per heavy atom. The number of nitrogens with zero attached hydrogens (tertiary/aromatic N) is 4. The molecule has 0 aliphatic carbocycles. The first kappa shape index (κ1) is 15.7. The second-order valence-corrected chi connectivity index (χ2v) is 6.56. The molecule has 1 fully saturated rings. The van der Waals surface area contributed by atoms with E-state index >= 15 is 0 Å². The highest BCUT2D eigenvalue weighted by atomic mass is 16.2. The largest absolute Gasteiger partial charge is 0.330 e. The van der Waals surface area contributed by atoms with E-state index in [2.05, 4.69) is 10.3 Å². The van der Waals surface area contributed by atoms with Crippen molar-refractivity contribution in [3.63, 3.8) is 0 Å². The number of likely N-dealkylation sites (tertiary alicyclic amines) is 1. The summed E-state index contributed by atoms with van der Waals surface area (Å²) in [6.07, 6.45) is 3.37. The molecule has 1 N–H and O–H groups in total. The summed E-state index contributed by atoms with van der Waals surface area (Å²) in [7, 11) is 0. The smallest absolute Gasteiger partial charge is 0.324 e. The molecule has 0 saturated carbocycles. The number of nitrogens with one attached hydrogen (secondary N) is 1. The fourth-order valence-corrected chi connectivity index (χ4v) is 3.62. The molecular formula is C18H21N5O2. The van der Waals surface area contributed by atoms with Gasteiger partial charge in [0.05, 0.1) is 18.4 Å². The van der Waals surface area contributed by atoms with Gasteiger partial charge >= 0.3 is 12.1 Å². The lowest BCUT2D eigenvalue weighted by Gasteiger charge is -2.36. The Hall–Kier alpha value is -2.83. The van der Waals surface area contributed by atoms with Gasteiger partial charge in [-0.05, 0) is 31.9 Å². The number of anilines is 1. The van der Waals surface area contributed by atoms with Crippen LogP contribution in [0.15, 0.2) is 36.5 Å². The fourth-order valence-electron chi connectivity index (χ4n) is 3.62. The Kier molecular flexibility index (Phi) is 3.91. The summed E-state index contributed by atoms with van der Waals surface area (Å²) in [4.78, 5) is 32.9. The molecule has 130 valence electrons. The molecule has 7 nitrogen and oxygen atoms in total. The van der Waals surface area contributed by atoms with Crippen LogP contribution in [0.25, 0.3) is 0 Å². The van der Waals surface area contributed by atoms with Crippen molar-refractivity contribution in [3.8, 4) is 0 Å². The third-order valence-corrected chi connectivity index (χ3v) is 5.00. The van der Waals surface area contributed by atoms with E-state index in [1.54, 1.807) is 10.8 Å². The number of imidazole rings is 1. The molecule has 25 heavy (non-hydrogen) atoms. The zero-order valence-corrected chi connectivity index (χ0v) is 14.2. The van der Waals surface area contributed by atoms with Crippen molar-refractivity contribution in [1.29, 1.82) is 0 Å². The van der Waals surface area contributed by atoms with Crippen LogP contribution in [0.3, 0.4) is 0 Å². The molecule has 1 aromatic heterocycles. The van der Waals surface area contributed by atoms with E-state index < -0.39 is 0 Å². The molecule has 4 rings (SSSR count). The van der Waals surface area contributed by atoms with Gasteiger partial charge in [0.2, 0.25) is 0 Å². The molecule has 0 radical (unpaired) electrons. The first-order valence-corrected chi connectivity index (χ1v) is 8.58. The van der Waals surface area contributed by atoms with Crippen molar-refractivity contribution in [2.75, 3.05) is 18.4 Å². The number of aryl methyl sites for hydroxylation is 1. The number of para-hydroxylation sites is 1. The minimum atomic E-state index is -0.0799. The number of carbonyl (C=O) groups is 2. The van der Waals surface area contributed by atoms with Gasteiger partial charge in [0.15, 0.2) is 0 Å². The fraction of sp³-hybridized carbons (Fsp3) is 0.389. The van der Waals surface area contributed by atoms with Gasteiger partial charge in [0.1, 0.15) is 5.82 Å². The van der Waals surface area contributed by atoms with Gasteiger partial charge in [0.25, 0.3) is 0 Å². The van der Waals surface area contributed by atoms with Crippen LogP contribution in [0, 0.1) is 6.92 Å². The molecule has 2 aromatic rings. The molecule has 0 bridgehead atoms. The summed E-state index contributed by atoms with van der Waals surface area (Å²) >= 11 is 0. The minimum absolute atomic E-state index is 0.0113. The summed E-state index contributed by atoms with van der Waals surface area (Å²) in [6.45, 7) is 3.76. The molecule has 3 heterocycles. The summed E-state index contributed by atoms with van der Waals surface area (Å²) in [6, 6.07) is 9.56. The predicted octanol–water partition coefficient (Wildman–Crippen LogP) is 2.67. The summed E-state index contributed by atoms with van der Waals surface area (Å²) in [5.74, 6) is 0.738. The van der Waals surface area contributed by atoms with Gasteiger partial charge in [-0.15, -0.1) is 0 Å². The zero-order valence-electron chi connectivity index (χ0n) is 14.2. The number of amides is 3. The van der Waals surface area contributed by atoms with Gasteiger partial charge in [-0.25, -0.2) is 14.6 Å². The van der Waals surface area contributed by atoms with Crippen LogP contribution in [-0.2, 0) is 6.54 Å². The van der Waals surface area contributed by atoms with Crippen LogP contribution in [0.1, 0.15) is 24.4 Å². The number of rotatable bonds is 2. The number of piperidine rings is 1. The van der Waals surface area contributed by atoms with Gasteiger partial charge in [-0.3, -0.25) is 4.57 Å². The molecule has 0 spiro atoms. The molecule has 0 unspecified atom stereocenters. The zero-order chi connectivity index (χ0) is 17.4. The molecule has 3 amide bonds. The minimum Gasteiger partial charge on any atom is -0.324 e. The summed E-state index contributed by atoms with van der Waals surface area (Å²) in [5, 5.41) is 2.92. The third kappa shape index (κ3) is 2.86. The molecular weight excluding hydrogens is 318 g/mol. The number of benzene rings is 1. The lowest BCUT2D eigenvalue weighted by atomic mass is 10.0. The average molecular weight is 339 g/mol. The van der Waals surface area contributed by atoms with E-state index in [0.29, 0.717) is 19.6 Å². The van der Waals surface area contributed by atoms with E-state index in [1.165, 1.54) is 0 Å². The molecule has 2 aliphatic rings. The van der Waals surface area contributed by atoms with Gasteiger partial charge in [0, 0.05) is 24.8 Å². The van der Waals surface area contributed by atoms with Gasteiger partial charge < -0.3 is 15.1 Å². The Morgan fingerprint density at radius 2 is 1.92 bits per heavy atom. The van der Waals surface area contributed by atoms with Crippen LogP contribution in [0.4, 0.5) is 15.3 Å². The number of hydrogen-bond donors (Lipinski definition) is 1. The lowest BCUT2D eigenvalue weighted by Crippen LogP contribution is -2.48. The number of carbonyl (C=O) groups excluding carboxylic acids is 2. The number of fused-ring (bicyclic) bond motifs is 1. The molecule has 0 atom stereocenters. The van der Waals surface area contributed by atoms with E-state index in [0.717, 1.165) is 30.0 Å². The molecule has 7 heteroatoms. The predicted molar refractivity (Wildman–Crippen MR) is 93.4 cm³/mol. The second kappa shape index (κ2) is 6.23. The van der Waals surface area contributed by atoms with Crippen molar-refractivity contribution in [3.05, 3.63) is 48.0 Å². The van der Waals surface area contributed by atoms with Gasteiger partial charge in [-0.2, -0.15) is 0 Å². The maximum atomic E-state index is 12.6. The lowest BCUT2D eigenvalue weighted by molar-refractivity contribution is 0.137. The van der Waals surface area contributed by atoms with Gasteiger partial charge in [-0.1, -0.05) is 18.2 Å². The SMILES string of the molecule is Cc1ncc2n1C(=O)N(C1CCN(C(=O)Nc3ccccc3)CC1)C2. The Morgan fingerprint density at radius 1 is 1.20 bits per heavy atom. The first-order valence-electron chi connectivity index (χ1n) is 8.58. The third-order valence-electron chi connectivity index (χ3n) is 5.00. The maximum Gasteiger partial charge on any atom is 0.330 e. The highest BCUT2D eigenvalue weighted by Crippen LogP contribution is 2.26. The topological polar surface area (TPSA) is 70.5 Å². The van der Waals surface area contributed by atoms with Crippen LogP contribution >= 0.6 is 0 Å². The Bertz CT molecular complexity index is 793. The van der Waals surface area contributed by atoms with Crippen LogP contribution in [-0.4, -0.2) is 50.5 Å². The molecule has 1 saturated heterocycles. The van der Waals surface area contributed by atoms with Crippen molar-refractivity contribution >= 4 is 17.7 Å². The van der Waals surface area contributed by atoms with Crippen molar-refractivity contribution in [2.24, 2.45) is 0 Å². The maximum absolute atomic E-state index is 12.6. The van der Waals surface area contributed by atoms with Crippen LogP contribution in [0.5, 0.6) is 0 Å². The summed E-state index contributed by atoms with van der Waals surface area (Å²) in [5.41, 5.74) is 1.75. The second-order valence-electron chi connectivity index (χ2n) is 6.56. The van der Waals surface area contributed by atoms with E-state index in [1.807, 2.05) is 47.1 Å². The van der Waals surface area contributed by atoms with Crippen molar-refractivity contribution < 1.29 is 9.59 Å². The van der Waals surface area contributed by atoms with Crippen molar-refractivity contribution in [1.82, 2.24) is 19.4 Å². The van der Waals surface area contributed by atoms with Crippen LogP contribution in [0.2, 0.25) is 0 Å². The summed E-state index contributed by atoms with van der Waals surface area (Å²) < 4.78 is 1.69. The van der Waals surface area contributed by atoms with E-state index in [9.17, 15) is 9.59 Å². The monoisotopic (exact) mass is 339 g/mol. The van der Waals surface area contributed by atoms with E-state index in [-0.39, 0.29) is 18.1 Å². The van der Waals surface area contributed by atoms with Crippen LogP contribution < -0.4 is 5.32 Å².